The quantitative estimate of drug-likeness (QED) is 0.574. The number of hydrogen-bond donors (Lipinski definition) is 1. The second kappa shape index (κ2) is 8.20. The van der Waals surface area contributed by atoms with E-state index in [2.05, 4.69) is 11.9 Å². The number of ether oxygens (including phenoxy) is 1. The number of rotatable bonds is 7. The Kier molecular flexibility index (Phi) is 8.27. The van der Waals surface area contributed by atoms with Gasteiger partial charge in [0.15, 0.2) is 0 Å². The molecule has 0 amide bonds. The van der Waals surface area contributed by atoms with Crippen LogP contribution in [-0.4, -0.2) is 36.1 Å². The van der Waals surface area contributed by atoms with Crippen LogP contribution < -0.4 is 4.98 Å². The summed E-state index contributed by atoms with van der Waals surface area (Å²) in [7, 11) is 0.599. The smallest absolute Gasteiger partial charge is 0.254 e. The van der Waals surface area contributed by atoms with Crippen molar-refractivity contribution in [3.63, 3.8) is 0 Å². The summed E-state index contributed by atoms with van der Waals surface area (Å²) in [5.74, 6) is 0. The molecular formula is C7H19NO2Si. The first kappa shape index (κ1) is 11.1. The molecule has 3 nitrogen and oxygen atoms in total. The molecule has 0 saturated heterocycles. The van der Waals surface area contributed by atoms with Crippen molar-refractivity contribution in [3.8, 4) is 0 Å². The van der Waals surface area contributed by atoms with Crippen LogP contribution in [0.15, 0.2) is 0 Å². The van der Waals surface area contributed by atoms with Crippen molar-refractivity contribution < 1.29 is 9.16 Å². The van der Waals surface area contributed by atoms with Crippen LogP contribution in [0.25, 0.3) is 0 Å². The van der Waals surface area contributed by atoms with Crippen LogP contribution in [0.5, 0.6) is 0 Å². The highest BCUT2D eigenvalue weighted by Gasteiger charge is 2.08. The van der Waals surface area contributed by atoms with Gasteiger partial charge in [0.05, 0.1) is 0 Å². The molecule has 0 spiro atoms. The fraction of sp³-hybridized carbons (Fsp3) is 1.00. The van der Waals surface area contributed by atoms with Crippen molar-refractivity contribution >= 4 is 9.20 Å². The SMILES string of the molecule is CCN[SiH](CCOC)OCC. The van der Waals surface area contributed by atoms with Crippen LogP contribution in [0.2, 0.25) is 6.04 Å². The van der Waals surface area contributed by atoms with Gasteiger partial charge in [0.2, 0.25) is 0 Å². The van der Waals surface area contributed by atoms with Crippen LogP contribution in [-0.2, 0) is 9.16 Å². The molecule has 0 heterocycles. The van der Waals surface area contributed by atoms with Crippen LogP contribution in [0, 0.1) is 0 Å². The summed E-state index contributed by atoms with van der Waals surface area (Å²) in [6.07, 6.45) is 0. The minimum atomic E-state index is -1.13. The van der Waals surface area contributed by atoms with Crippen LogP contribution >= 0.6 is 0 Å². The van der Waals surface area contributed by atoms with E-state index < -0.39 is 9.20 Å². The first-order chi connectivity index (χ1) is 5.35. The molecule has 4 heteroatoms. The van der Waals surface area contributed by atoms with Crippen LogP contribution in [0.3, 0.4) is 0 Å². The molecule has 0 aliphatic rings. The summed E-state index contributed by atoms with van der Waals surface area (Å²) in [5.41, 5.74) is 0. The first-order valence-electron chi connectivity index (χ1n) is 4.19. The second-order valence-corrected chi connectivity index (χ2v) is 4.58. The van der Waals surface area contributed by atoms with Gasteiger partial charge >= 0.3 is 0 Å². The summed E-state index contributed by atoms with van der Waals surface area (Å²) in [5, 5.41) is 0. The Hall–Kier alpha value is 0.0969. The van der Waals surface area contributed by atoms with Gasteiger partial charge in [-0.3, -0.25) is 0 Å². The lowest BCUT2D eigenvalue weighted by atomic mass is 10.8. The van der Waals surface area contributed by atoms with Crippen molar-refractivity contribution in [2.45, 2.75) is 19.9 Å². The van der Waals surface area contributed by atoms with E-state index in [0.717, 1.165) is 25.8 Å². The van der Waals surface area contributed by atoms with Crippen molar-refractivity contribution in [2.75, 3.05) is 26.9 Å². The maximum absolute atomic E-state index is 5.53. The van der Waals surface area contributed by atoms with Gasteiger partial charge in [0.25, 0.3) is 9.20 Å². The van der Waals surface area contributed by atoms with Gasteiger partial charge in [-0.25, -0.2) is 0 Å². The Morgan fingerprint density at radius 3 is 2.55 bits per heavy atom. The zero-order valence-corrected chi connectivity index (χ0v) is 8.88. The van der Waals surface area contributed by atoms with E-state index >= 15 is 0 Å². The summed E-state index contributed by atoms with van der Waals surface area (Å²) < 4.78 is 10.5. The molecule has 1 atom stereocenters. The number of nitrogens with one attached hydrogen (secondary N) is 1. The van der Waals surface area contributed by atoms with Crippen molar-refractivity contribution in [1.29, 1.82) is 0 Å². The molecule has 0 saturated carbocycles. The summed E-state index contributed by atoms with van der Waals surface area (Å²) >= 11 is 0. The summed E-state index contributed by atoms with van der Waals surface area (Å²) in [4.78, 5) is 3.36. The van der Waals surface area contributed by atoms with Crippen molar-refractivity contribution in [2.24, 2.45) is 0 Å². The molecule has 0 aromatic rings. The monoisotopic (exact) mass is 177 g/mol. The van der Waals surface area contributed by atoms with E-state index in [1.165, 1.54) is 0 Å². The van der Waals surface area contributed by atoms with E-state index in [4.69, 9.17) is 9.16 Å². The Morgan fingerprint density at radius 2 is 2.09 bits per heavy atom. The lowest BCUT2D eigenvalue weighted by molar-refractivity contribution is 0.208. The Labute approximate surface area is 70.9 Å². The first-order valence-corrected chi connectivity index (χ1v) is 6.05. The predicted octanol–water partition coefficient (Wildman–Crippen LogP) is 0.499. The molecule has 11 heavy (non-hydrogen) atoms. The van der Waals surface area contributed by atoms with E-state index in [1.54, 1.807) is 7.11 Å². The standard InChI is InChI=1S/C7H19NO2Si/c1-4-8-11(10-5-2)7-6-9-3/h8,11H,4-7H2,1-3H3. The number of methoxy groups -OCH3 is 1. The van der Waals surface area contributed by atoms with Gasteiger partial charge in [-0.2, -0.15) is 0 Å². The van der Waals surface area contributed by atoms with Gasteiger partial charge in [-0.15, -0.1) is 0 Å². The third-order valence-corrected chi connectivity index (χ3v) is 3.74. The maximum Gasteiger partial charge on any atom is 0.254 e. The fourth-order valence-electron chi connectivity index (χ4n) is 0.898. The highest BCUT2D eigenvalue weighted by Crippen LogP contribution is 1.91. The van der Waals surface area contributed by atoms with Crippen molar-refractivity contribution in [3.05, 3.63) is 0 Å². The largest absolute Gasteiger partial charge is 0.406 e. The lowest BCUT2D eigenvalue weighted by Gasteiger charge is -2.14. The lowest BCUT2D eigenvalue weighted by Crippen LogP contribution is -2.37. The molecule has 0 radical (unpaired) electrons. The topological polar surface area (TPSA) is 30.5 Å². The van der Waals surface area contributed by atoms with E-state index in [1.807, 2.05) is 6.92 Å². The number of hydrogen-bond acceptors (Lipinski definition) is 3. The van der Waals surface area contributed by atoms with Gasteiger partial charge in [-0.1, -0.05) is 6.92 Å². The maximum atomic E-state index is 5.53. The van der Waals surface area contributed by atoms with Gasteiger partial charge < -0.3 is 14.1 Å². The third kappa shape index (κ3) is 6.49. The Balaban J connectivity index is 3.34. The second-order valence-electron chi connectivity index (χ2n) is 2.28. The molecule has 0 aliphatic carbocycles. The van der Waals surface area contributed by atoms with Gasteiger partial charge in [0, 0.05) is 26.4 Å². The minimum Gasteiger partial charge on any atom is -0.406 e. The molecule has 0 bridgehead atoms. The van der Waals surface area contributed by atoms with E-state index in [0.29, 0.717) is 0 Å². The Morgan fingerprint density at radius 1 is 1.36 bits per heavy atom. The zero-order chi connectivity index (χ0) is 8.53. The highest BCUT2D eigenvalue weighted by molar-refractivity contribution is 6.48. The average molecular weight is 177 g/mol. The van der Waals surface area contributed by atoms with Crippen LogP contribution in [0.4, 0.5) is 0 Å². The summed E-state index contributed by atoms with van der Waals surface area (Å²) in [6.45, 7) is 6.76. The Bertz CT molecular complexity index is 76.8. The molecular weight excluding hydrogens is 158 g/mol. The fourth-order valence-corrected chi connectivity index (χ4v) is 2.69. The molecule has 0 aromatic carbocycles. The molecule has 1 unspecified atom stereocenters. The van der Waals surface area contributed by atoms with E-state index in [9.17, 15) is 0 Å². The molecule has 1 N–H and O–H groups in total. The van der Waals surface area contributed by atoms with E-state index in [-0.39, 0.29) is 0 Å². The highest BCUT2D eigenvalue weighted by atomic mass is 28.3. The molecule has 0 rings (SSSR count). The minimum absolute atomic E-state index is 0.809. The van der Waals surface area contributed by atoms with Gasteiger partial charge in [-0.05, 0) is 13.5 Å². The summed E-state index contributed by atoms with van der Waals surface area (Å²) in [6, 6.07) is 1.05. The zero-order valence-electron chi connectivity index (χ0n) is 7.72. The predicted molar refractivity (Wildman–Crippen MR) is 49.1 cm³/mol. The third-order valence-electron chi connectivity index (χ3n) is 1.38. The normalized spacial score (nSPS) is 13.4. The average Bonchev–Trinajstić information content (AvgIpc) is 2.01. The van der Waals surface area contributed by atoms with Crippen molar-refractivity contribution in [1.82, 2.24) is 4.98 Å². The molecule has 0 aromatic heterocycles. The van der Waals surface area contributed by atoms with Gasteiger partial charge in [0.1, 0.15) is 0 Å². The molecule has 68 valence electrons. The molecule has 0 aliphatic heterocycles. The molecule has 0 fully saturated rings. The van der Waals surface area contributed by atoms with Crippen LogP contribution in [0.1, 0.15) is 13.8 Å².